The number of H-pyrrole nitrogens is 1. The number of carbonyl (C=O) groups excluding carboxylic acids is 2. The maximum absolute atomic E-state index is 12.7. The van der Waals surface area contributed by atoms with Crippen LogP contribution in [-0.2, 0) is 9.59 Å². The molecule has 3 aromatic rings. The van der Waals surface area contributed by atoms with Gasteiger partial charge in [-0.1, -0.05) is 26.0 Å². The molecule has 0 unspecified atom stereocenters. The van der Waals surface area contributed by atoms with Crippen molar-refractivity contribution in [2.45, 2.75) is 32.6 Å². The molecule has 1 N–H and O–H groups in total. The van der Waals surface area contributed by atoms with E-state index < -0.39 is 0 Å². The van der Waals surface area contributed by atoms with Gasteiger partial charge in [0.15, 0.2) is 11.5 Å². The number of carbonyl (C=O) groups is 2. The molecule has 0 fully saturated rings. The van der Waals surface area contributed by atoms with E-state index in [0.29, 0.717) is 50.0 Å². The Hall–Kier alpha value is -3.58. The smallest absolute Gasteiger partial charge is 0.237 e. The number of nitrogens with zero attached hydrogens (tertiary/aromatic N) is 2. The van der Waals surface area contributed by atoms with Crippen molar-refractivity contribution < 1.29 is 19.1 Å². The Kier molecular flexibility index (Phi) is 8.34. The zero-order chi connectivity index (χ0) is 26.5. The molecule has 7 heteroatoms. The van der Waals surface area contributed by atoms with Crippen molar-refractivity contribution in [1.82, 2.24) is 14.8 Å². The summed E-state index contributed by atoms with van der Waals surface area (Å²) in [6.07, 6.45) is 4.32. The first-order valence-electron chi connectivity index (χ1n) is 12.8. The van der Waals surface area contributed by atoms with E-state index in [1.807, 2.05) is 29.0 Å². The van der Waals surface area contributed by atoms with Gasteiger partial charge in [-0.25, -0.2) is 0 Å². The van der Waals surface area contributed by atoms with Crippen molar-refractivity contribution >= 4 is 28.7 Å². The van der Waals surface area contributed by atoms with E-state index in [-0.39, 0.29) is 5.91 Å². The van der Waals surface area contributed by atoms with E-state index in [1.54, 1.807) is 14.2 Å². The molecule has 37 heavy (non-hydrogen) atoms. The van der Waals surface area contributed by atoms with Crippen LogP contribution in [0.5, 0.6) is 11.5 Å². The molecular weight excluding hydrogens is 466 g/mol. The van der Waals surface area contributed by atoms with E-state index in [1.165, 1.54) is 22.1 Å². The lowest BCUT2D eigenvalue weighted by molar-refractivity contribution is -0.131. The van der Waals surface area contributed by atoms with Gasteiger partial charge < -0.3 is 24.2 Å². The number of aromatic nitrogens is 1. The highest BCUT2D eigenvalue weighted by atomic mass is 16.5. The van der Waals surface area contributed by atoms with E-state index in [2.05, 4.69) is 49.2 Å². The molecule has 1 aliphatic rings. The molecule has 2 aromatic carbocycles. The fraction of sp³-hybridized carbons (Fsp3) is 0.400. The standard InChI is InChI=1S/C30H37N3O4/c1-20(2)29-24-17-22(21-11-14-33(15-12-21)28(35)19-32(3)13-6-16-34)7-9-25(24)31-30(29)23-8-10-26(36-4)27(18-23)37-5/h7-11,16-18,20,31H,6,12-15,19H2,1-5H3. The second kappa shape index (κ2) is 11.6. The van der Waals surface area contributed by atoms with Crippen LogP contribution in [0.15, 0.2) is 42.5 Å². The highest BCUT2D eigenvalue weighted by molar-refractivity contribution is 5.94. The van der Waals surface area contributed by atoms with Crippen LogP contribution < -0.4 is 9.47 Å². The fourth-order valence-electron chi connectivity index (χ4n) is 5.07. The summed E-state index contributed by atoms with van der Waals surface area (Å²) >= 11 is 0. The van der Waals surface area contributed by atoms with Crippen molar-refractivity contribution in [2.24, 2.45) is 0 Å². The summed E-state index contributed by atoms with van der Waals surface area (Å²) < 4.78 is 11.0. The maximum atomic E-state index is 12.7. The van der Waals surface area contributed by atoms with Crippen LogP contribution in [0.2, 0.25) is 0 Å². The number of rotatable bonds is 10. The Labute approximate surface area is 219 Å². The summed E-state index contributed by atoms with van der Waals surface area (Å²) in [4.78, 5) is 30.7. The number of ether oxygens (including phenoxy) is 2. The number of benzene rings is 2. The third-order valence-electron chi connectivity index (χ3n) is 7.05. The number of aromatic amines is 1. The molecule has 7 nitrogen and oxygen atoms in total. The quantitative estimate of drug-likeness (QED) is 0.389. The number of nitrogens with one attached hydrogen (secondary N) is 1. The molecule has 0 atom stereocenters. The van der Waals surface area contributed by atoms with Crippen LogP contribution in [0, 0.1) is 0 Å². The van der Waals surface area contributed by atoms with Gasteiger partial charge >= 0.3 is 0 Å². The molecule has 2 heterocycles. The van der Waals surface area contributed by atoms with E-state index in [0.717, 1.165) is 29.5 Å². The van der Waals surface area contributed by atoms with Crippen LogP contribution >= 0.6 is 0 Å². The molecule has 4 rings (SSSR count). The average molecular weight is 504 g/mol. The minimum Gasteiger partial charge on any atom is -0.493 e. The monoisotopic (exact) mass is 503 g/mol. The molecule has 0 aliphatic carbocycles. The maximum Gasteiger partial charge on any atom is 0.237 e. The lowest BCUT2D eigenvalue weighted by Crippen LogP contribution is -2.41. The lowest BCUT2D eigenvalue weighted by atomic mass is 9.93. The van der Waals surface area contributed by atoms with Crippen LogP contribution in [0.25, 0.3) is 27.7 Å². The van der Waals surface area contributed by atoms with E-state index in [4.69, 9.17) is 9.47 Å². The average Bonchev–Trinajstić information content (AvgIpc) is 3.30. The Balaban J connectivity index is 1.59. The van der Waals surface area contributed by atoms with Gasteiger partial charge in [-0.05, 0) is 66.4 Å². The predicted molar refractivity (Wildman–Crippen MR) is 148 cm³/mol. The van der Waals surface area contributed by atoms with Crippen LogP contribution in [-0.4, -0.2) is 74.4 Å². The number of likely N-dealkylation sites (N-methyl/N-ethyl adjacent to an activating group) is 1. The highest BCUT2D eigenvalue weighted by Crippen LogP contribution is 2.40. The zero-order valence-electron chi connectivity index (χ0n) is 22.5. The first-order chi connectivity index (χ1) is 17.9. The molecule has 0 spiro atoms. The van der Waals surface area contributed by atoms with Gasteiger partial charge in [0, 0.05) is 42.5 Å². The summed E-state index contributed by atoms with van der Waals surface area (Å²) in [5, 5.41) is 1.22. The van der Waals surface area contributed by atoms with Crippen molar-refractivity contribution in [3.63, 3.8) is 0 Å². The number of fused-ring (bicyclic) bond motifs is 1. The lowest BCUT2D eigenvalue weighted by Gasteiger charge is -2.28. The Morgan fingerprint density at radius 2 is 1.86 bits per heavy atom. The van der Waals surface area contributed by atoms with Crippen molar-refractivity contribution in [1.29, 1.82) is 0 Å². The number of hydrogen-bond donors (Lipinski definition) is 1. The minimum atomic E-state index is 0.103. The number of aldehydes is 1. The minimum absolute atomic E-state index is 0.103. The van der Waals surface area contributed by atoms with Gasteiger partial charge in [-0.15, -0.1) is 0 Å². The van der Waals surface area contributed by atoms with Gasteiger partial charge in [0.05, 0.1) is 26.5 Å². The third-order valence-corrected chi connectivity index (χ3v) is 7.05. The van der Waals surface area contributed by atoms with Crippen molar-refractivity contribution in [2.75, 3.05) is 47.4 Å². The van der Waals surface area contributed by atoms with Crippen molar-refractivity contribution in [3.05, 3.63) is 53.6 Å². The molecule has 0 bridgehead atoms. The topological polar surface area (TPSA) is 74.9 Å². The Morgan fingerprint density at radius 1 is 1.11 bits per heavy atom. The highest BCUT2D eigenvalue weighted by Gasteiger charge is 2.21. The third kappa shape index (κ3) is 5.72. The summed E-state index contributed by atoms with van der Waals surface area (Å²) in [6, 6.07) is 12.6. The molecule has 1 aromatic heterocycles. The summed E-state index contributed by atoms with van der Waals surface area (Å²) in [7, 11) is 5.17. The molecule has 1 aliphatic heterocycles. The van der Waals surface area contributed by atoms with Crippen LogP contribution in [0.3, 0.4) is 0 Å². The number of hydrogen-bond acceptors (Lipinski definition) is 5. The molecule has 196 valence electrons. The van der Waals surface area contributed by atoms with Crippen LogP contribution in [0.1, 0.15) is 43.7 Å². The van der Waals surface area contributed by atoms with Gasteiger partial charge in [-0.3, -0.25) is 9.69 Å². The fourth-order valence-corrected chi connectivity index (χ4v) is 5.07. The van der Waals surface area contributed by atoms with Crippen molar-refractivity contribution in [3.8, 4) is 22.8 Å². The second-order valence-electron chi connectivity index (χ2n) is 9.91. The SMILES string of the molecule is COc1ccc(-c2[nH]c3ccc(C4=CCN(C(=O)CN(C)CCC=O)CC4)cc3c2C(C)C)cc1OC. The second-order valence-corrected chi connectivity index (χ2v) is 9.91. The molecule has 0 saturated heterocycles. The normalized spacial score (nSPS) is 13.8. The van der Waals surface area contributed by atoms with E-state index in [9.17, 15) is 9.59 Å². The Bertz CT molecular complexity index is 1310. The summed E-state index contributed by atoms with van der Waals surface area (Å²) in [5.41, 5.74) is 6.99. The molecule has 0 radical (unpaired) electrons. The first-order valence-corrected chi connectivity index (χ1v) is 12.8. The summed E-state index contributed by atoms with van der Waals surface area (Å²) in [5.74, 6) is 1.83. The Morgan fingerprint density at radius 3 is 2.51 bits per heavy atom. The first kappa shape index (κ1) is 26.5. The zero-order valence-corrected chi connectivity index (χ0v) is 22.5. The molecule has 0 saturated carbocycles. The number of amides is 1. The predicted octanol–water partition coefficient (Wildman–Crippen LogP) is 5.11. The van der Waals surface area contributed by atoms with Crippen LogP contribution in [0.4, 0.5) is 0 Å². The van der Waals surface area contributed by atoms with E-state index >= 15 is 0 Å². The van der Waals surface area contributed by atoms with Gasteiger partial charge in [-0.2, -0.15) is 0 Å². The summed E-state index contributed by atoms with van der Waals surface area (Å²) in [6.45, 7) is 6.68. The van der Waals surface area contributed by atoms with Gasteiger partial charge in [0.25, 0.3) is 0 Å². The van der Waals surface area contributed by atoms with Gasteiger partial charge in [0.1, 0.15) is 6.29 Å². The molecular formula is C30H37N3O4. The number of methoxy groups -OCH3 is 2. The van der Waals surface area contributed by atoms with Gasteiger partial charge in [0.2, 0.25) is 5.91 Å². The molecule has 1 amide bonds. The largest absolute Gasteiger partial charge is 0.493 e.